The minimum atomic E-state index is -1.06. The summed E-state index contributed by atoms with van der Waals surface area (Å²) in [5.74, 6) is -0.965. The van der Waals surface area contributed by atoms with Crippen molar-refractivity contribution in [2.45, 2.75) is 38.5 Å². The maximum atomic E-state index is 12.6. The topological polar surface area (TPSA) is 113 Å². The van der Waals surface area contributed by atoms with Crippen molar-refractivity contribution in [1.29, 1.82) is 0 Å². The highest BCUT2D eigenvalue weighted by Gasteiger charge is 2.36. The molecule has 0 spiro atoms. The van der Waals surface area contributed by atoms with Crippen molar-refractivity contribution in [1.82, 2.24) is 14.9 Å². The summed E-state index contributed by atoms with van der Waals surface area (Å²) in [7, 11) is 0. The molecule has 2 atom stereocenters. The van der Waals surface area contributed by atoms with Gasteiger partial charge in [0.05, 0.1) is 17.4 Å². The predicted octanol–water partition coefficient (Wildman–Crippen LogP) is 0.904. The number of benzene rings is 1. The Morgan fingerprint density at radius 1 is 1.32 bits per heavy atom. The monoisotopic (exact) mass is 345 g/mol. The molecule has 0 unspecified atom stereocenters. The molecular weight excluding hydrogens is 326 g/mol. The lowest BCUT2D eigenvalue weighted by Gasteiger charge is -2.23. The molecule has 1 aromatic carbocycles. The second kappa shape index (κ2) is 7.02. The first-order valence-electron chi connectivity index (χ1n) is 8.14. The van der Waals surface area contributed by atoms with Crippen molar-refractivity contribution in [3.63, 3.8) is 0 Å². The first-order chi connectivity index (χ1) is 12.0. The molecule has 2 heterocycles. The molecule has 0 radical (unpaired) electrons. The van der Waals surface area contributed by atoms with Gasteiger partial charge < -0.3 is 19.7 Å². The molecule has 1 saturated heterocycles. The smallest absolute Gasteiger partial charge is 0.332 e. The number of fused-ring (bicyclic) bond motifs is 1. The highest BCUT2D eigenvalue weighted by Crippen LogP contribution is 2.22. The van der Waals surface area contributed by atoms with E-state index in [1.807, 2.05) is 0 Å². The van der Waals surface area contributed by atoms with E-state index in [0.717, 1.165) is 0 Å². The van der Waals surface area contributed by atoms with Crippen LogP contribution in [0.4, 0.5) is 0 Å². The summed E-state index contributed by atoms with van der Waals surface area (Å²) in [6, 6.07) is 6.98. The number of aliphatic carboxylic acids is 1. The van der Waals surface area contributed by atoms with E-state index in [0.29, 0.717) is 36.1 Å². The van der Waals surface area contributed by atoms with E-state index in [1.165, 1.54) is 4.90 Å². The Hall–Kier alpha value is -2.74. The third-order valence-electron chi connectivity index (χ3n) is 4.27. The minimum absolute atomic E-state index is 0.132. The first-order valence-corrected chi connectivity index (χ1v) is 8.14. The molecule has 2 N–H and O–H groups in total. The third kappa shape index (κ3) is 3.53. The standard InChI is InChI=1S/C17H19N3O5/c1-2-20(16(22)12-7-8-13(25-12)17(23)24)9-14-18-11-6-4-3-5-10(11)15(21)19-14/h3-6,12-13H,2,7-9H2,1H3,(H,23,24)(H,18,19,21)/t12-,13+/m0/s1. The lowest BCUT2D eigenvalue weighted by atomic mass is 10.2. The van der Waals surface area contributed by atoms with Crippen LogP contribution < -0.4 is 5.56 Å². The number of hydrogen-bond donors (Lipinski definition) is 2. The number of para-hydroxylation sites is 1. The van der Waals surface area contributed by atoms with Crippen LogP contribution in [-0.4, -0.2) is 50.6 Å². The van der Waals surface area contributed by atoms with E-state index < -0.39 is 18.2 Å². The van der Waals surface area contributed by atoms with E-state index in [2.05, 4.69) is 9.97 Å². The van der Waals surface area contributed by atoms with E-state index in [-0.39, 0.29) is 18.0 Å². The zero-order chi connectivity index (χ0) is 18.0. The van der Waals surface area contributed by atoms with E-state index in [1.54, 1.807) is 31.2 Å². The van der Waals surface area contributed by atoms with Crippen LogP contribution in [-0.2, 0) is 20.9 Å². The Kier molecular flexibility index (Phi) is 4.80. The Bertz CT molecular complexity index is 863. The summed E-state index contributed by atoms with van der Waals surface area (Å²) < 4.78 is 5.32. The molecule has 0 bridgehead atoms. The number of nitrogens with one attached hydrogen (secondary N) is 1. The molecule has 1 aromatic heterocycles. The Morgan fingerprint density at radius 3 is 2.72 bits per heavy atom. The maximum absolute atomic E-state index is 12.6. The molecule has 1 aliphatic rings. The zero-order valence-corrected chi connectivity index (χ0v) is 13.8. The van der Waals surface area contributed by atoms with Gasteiger partial charge in [-0.05, 0) is 31.9 Å². The number of carboxylic acid groups (broad SMARTS) is 1. The van der Waals surface area contributed by atoms with Gasteiger partial charge in [0.1, 0.15) is 11.9 Å². The van der Waals surface area contributed by atoms with E-state index >= 15 is 0 Å². The van der Waals surface area contributed by atoms with Crippen molar-refractivity contribution in [2.24, 2.45) is 0 Å². The molecule has 1 fully saturated rings. The van der Waals surface area contributed by atoms with Crippen LogP contribution in [0.3, 0.4) is 0 Å². The number of carbonyl (C=O) groups is 2. The SMILES string of the molecule is CCN(Cc1nc2ccccc2c(=O)[nH]1)C(=O)[C@@H]1CC[C@H](C(=O)O)O1. The molecule has 0 saturated carbocycles. The van der Waals surface area contributed by atoms with Crippen LogP contribution in [0.1, 0.15) is 25.6 Å². The van der Waals surface area contributed by atoms with Gasteiger partial charge in [0, 0.05) is 6.54 Å². The predicted molar refractivity (Wildman–Crippen MR) is 89.0 cm³/mol. The molecule has 0 aliphatic carbocycles. The third-order valence-corrected chi connectivity index (χ3v) is 4.27. The van der Waals surface area contributed by atoms with Crippen LogP contribution in [0.15, 0.2) is 29.1 Å². The zero-order valence-electron chi connectivity index (χ0n) is 13.8. The molecular formula is C17H19N3O5. The fraction of sp³-hybridized carbons (Fsp3) is 0.412. The van der Waals surface area contributed by atoms with Gasteiger partial charge in [-0.15, -0.1) is 0 Å². The van der Waals surface area contributed by atoms with Crippen LogP contribution in [0, 0.1) is 0 Å². The Balaban J connectivity index is 1.77. The molecule has 1 amide bonds. The summed E-state index contributed by atoms with van der Waals surface area (Å²) in [5, 5.41) is 9.47. The van der Waals surface area contributed by atoms with Gasteiger partial charge in [0.2, 0.25) is 0 Å². The van der Waals surface area contributed by atoms with Crippen LogP contribution in [0.2, 0.25) is 0 Å². The number of likely N-dealkylation sites (N-methyl/N-ethyl adjacent to an activating group) is 1. The fourth-order valence-electron chi connectivity index (χ4n) is 2.94. The summed E-state index contributed by atoms with van der Waals surface area (Å²) in [4.78, 5) is 44.3. The average Bonchev–Trinajstić information content (AvgIpc) is 3.09. The van der Waals surface area contributed by atoms with Gasteiger partial charge in [-0.2, -0.15) is 0 Å². The average molecular weight is 345 g/mol. The van der Waals surface area contributed by atoms with Gasteiger partial charge in [0.15, 0.2) is 6.10 Å². The second-order valence-corrected chi connectivity index (χ2v) is 5.91. The molecule has 132 valence electrons. The van der Waals surface area contributed by atoms with Crippen molar-refractivity contribution in [3.05, 3.63) is 40.4 Å². The van der Waals surface area contributed by atoms with Gasteiger partial charge in [-0.1, -0.05) is 12.1 Å². The number of aromatic amines is 1. The highest BCUT2D eigenvalue weighted by molar-refractivity contribution is 5.83. The number of hydrogen-bond acceptors (Lipinski definition) is 5. The lowest BCUT2D eigenvalue weighted by molar-refractivity contribution is -0.155. The number of aromatic nitrogens is 2. The van der Waals surface area contributed by atoms with Crippen molar-refractivity contribution < 1.29 is 19.4 Å². The molecule has 25 heavy (non-hydrogen) atoms. The number of carbonyl (C=O) groups excluding carboxylic acids is 1. The van der Waals surface area contributed by atoms with Crippen LogP contribution in [0.25, 0.3) is 10.9 Å². The molecule has 1 aliphatic heterocycles. The second-order valence-electron chi connectivity index (χ2n) is 5.91. The van der Waals surface area contributed by atoms with Gasteiger partial charge in [-0.25, -0.2) is 9.78 Å². The number of ether oxygens (including phenoxy) is 1. The Labute approximate surface area is 143 Å². The minimum Gasteiger partial charge on any atom is -0.479 e. The van der Waals surface area contributed by atoms with Gasteiger partial charge >= 0.3 is 5.97 Å². The van der Waals surface area contributed by atoms with Crippen molar-refractivity contribution in [3.8, 4) is 0 Å². The molecule has 2 aromatic rings. The van der Waals surface area contributed by atoms with Crippen molar-refractivity contribution >= 4 is 22.8 Å². The largest absolute Gasteiger partial charge is 0.479 e. The van der Waals surface area contributed by atoms with E-state index in [4.69, 9.17) is 9.84 Å². The fourth-order valence-corrected chi connectivity index (χ4v) is 2.94. The van der Waals surface area contributed by atoms with Crippen LogP contribution in [0.5, 0.6) is 0 Å². The molecule has 8 nitrogen and oxygen atoms in total. The maximum Gasteiger partial charge on any atom is 0.332 e. The Morgan fingerprint density at radius 2 is 2.04 bits per heavy atom. The molecule has 8 heteroatoms. The number of amides is 1. The summed E-state index contributed by atoms with van der Waals surface area (Å²) in [5.41, 5.74) is 0.306. The van der Waals surface area contributed by atoms with Gasteiger partial charge in [-0.3, -0.25) is 9.59 Å². The number of carboxylic acids is 1. The normalized spacial score (nSPS) is 19.9. The highest BCUT2D eigenvalue weighted by atomic mass is 16.5. The summed E-state index contributed by atoms with van der Waals surface area (Å²) >= 11 is 0. The number of rotatable bonds is 5. The first kappa shape index (κ1) is 17.1. The molecule has 3 rings (SSSR count). The lowest BCUT2D eigenvalue weighted by Crippen LogP contribution is -2.40. The summed E-state index contributed by atoms with van der Waals surface area (Å²) in [6.45, 7) is 2.33. The number of H-pyrrole nitrogens is 1. The summed E-state index contributed by atoms with van der Waals surface area (Å²) in [6.07, 6.45) is -1.03. The van der Waals surface area contributed by atoms with Crippen LogP contribution >= 0.6 is 0 Å². The van der Waals surface area contributed by atoms with Gasteiger partial charge in [0.25, 0.3) is 11.5 Å². The quantitative estimate of drug-likeness (QED) is 0.833. The van der Waals surface area contributed by atoms with Crippen molar-refractivity contribution in [2.75, 3.05) is 6.54 Å². The van der Waals surface area contributed by atoms with E-state index in [9.17, 15) is 14.4 Å². The number of nitrogens with zero attached hydrogens (tertiary/aromatic N) is 2.